The maximum absolute atomic E-state index is 12.2. The summed E-state index contributed by atoms with van der Waals surface area (Å²) in [5.41, 5.74) is 2.17. The van der Waals surface area contributed by atoms with Gasteiger partial charge in [-0.2, -0.15) is 0 Å². The Morgan fingerprint density at radius 2 is 2.03 bits per heavy atom. The summed E-state index contributed by atoms with van der Waals surface area (Å²) in [6.45, 7) is 2.80. The summed E-state index contributed by atoms with van der Waals surface area (Å²) in [5, 5.41) is 0.474. The molecule has 2 aliphatic rings. The van der Waals surface area contributed by atoms with Crippen LogP contribution in [-0.4, -0.2) is 46.5 Å². The molecule has 3 heterocycles. The molecule has 12 heteroatoms. The van der Waals surface area contributed by atoms with Crippen LogP contribution in [0.25, 0.3) is 11.2 Å². The monoisotopic (exact) mass is 559 g/mol. The molecule has 0 unspecified atom stereocenters. The molecular weight excluding hydrogens is 541 g/mol. The van der Waals surface area contributed by atoms with Gasteiger partial charge < -0.3 is 14.0 Å². The van der Waals surface area contributed by atoms with Gasteiger partial charge >= 0.3 is 0 Å². The van der Waals surface area contributed by atoms with Crippen LogP contribution in [0.4, 0.5) is 0 Å². The third-order valence-electron chi connectivity index (χ3n) is 4.91. The van der Waals surface area contributed by atoms with E-state index in [9.17, 15) is 8.42 Å². The van der Waals surface area contributed by atoms with Gasteiger partial charge in [0.05, 0.1) is 10.9 Å². The zero-order valence-corrected chi connectivity index (χ0v) is 19.8. The van der Waals surface area contributed by atoms with Crippen molar-refractivity contribution in [2.45, 2.75) is 41.6 Å². The zero-order chi connectivity index (χ0) is 20.9. The summed E-state index contributed by atoms with van der Waals surface area (Å²) in [5.74, 6) is 1.43. The lowest BCUT2D eigenvalue weighted by Gasteiger charge is -2.11. The Kier molecular flexibility index (Phi) is 5.27. The van der Waals surface area contributed by atoms with Crippen LogP contribution >= 0.6 is 34.4 Å². The first-order valence-electron chi connectivity index (χ1n) is 9.36. The summed E-state index contributed by atoms with van der Waals surface area (Å²) in [7, 11) is -3.24. The molecule has 1 fully saturated rings. The molecular formula is C18H18IN5O4S2. The maximum atomic E-state index is 12.2. The Hall–Kier alpha value is -1.64. The highest BCUT2D eigenvalue weighted by molar-refractivity contribution is 14.1. The highest BCUT2D eigenvalue weighted by Crippen LogP contribution is 2.41. The molecule has 0 atom stereocenters. The van der Waals surface area contributed by atoms with Crippen LogP contribution in [0.2, 0.25) is 0 Å². The Labute approximate surface area is 191 Å². The van der Waals surface area contributed by atoms with Crippen molar-refractivity contribution in [1.82, 2.24) is 24.2 Å². The molecule has 0 saturated heterocycles. The van der Waals surface area contributed by atoms with E-state index in [1.54, 1.807) is 0 Å². The minimum Gasteiger partial charge on any atom is -0.454 e. The number of benzene rings is 1. The lowest BCUT2D eigenvalue weighted by atomic mass is 10.3. The molecule has 30 heavy (non-hydrogen) atoms. The van der Waals surface area contributed by atoms with Crippen molar-refractivity contribution in [3.8, 4) is 11.5 Å². The van der Waals surface area contributed by atoms with E-state index in [0.29, 0.717) is 23.5 Å². The molecule has 1 aliphatic carbocycles. The molecule has 158 valence electrons. The number of sulfonamides is 1. The molecule has 0 amide bonds. The standard InChI is InChI=1S/C18H18IN5O4S2/c1-10-16-17(21-8-20-10)24(5-4-22-30(25,26)11-2-3-11)18(23-16)29-15-7-14-13(6-12(15)19)27-9-28-14/h6-8,11,22H,2-5,9H2,1H3. The molecule has 5 rings (SSSR count). The number of aromatic nitrogens is 4. The largest absolute Gasteiger partial charge is 0.454 e. The second-order valence-corrected chi connectivity index (χ2v) is 11.3. The van der Waals surface area contributed by atoms with Crippen molar-refractivity contribution in [2.24, 2.45) is 0 Å². The smallest absolute Gasteiger partial charge is 0.231 e. The van der Waals surface area contributed by atoms with Crippen LogP contribution in [0.1, 0.15) is 18.5 Å². The number of aryl methyl sites for hydroxylation is 1. The molecule has 1 saturated carbocycles. The minimum absolute atomic E-state index is 0.216. The predicted octanol–water partition coefficient (Wildman–Crippen LogP) is 2.70. The van der Waals surface area contributed by atoms with Gasteiger partial charge in [0, 0.05) is 21.6 Å². The first-order chi connectivity index (χ1) is 14.4. The molecule has 2 aromatic heterocycles. The summed E-state index contributed by atoms with van der Waals surface area (Å²) < 4.78 is 41.0. The maximum Gasteiger partial charge on any atom is 0.231 e. The average Bonchev–Trinajstić information content (AvgIpc) is 3.39. The van der Waals surface area contributed by atoms with Gasteiger partial charge in [-0.25, -0.2) is 28.1 Å². The van der Waals surface area contributed by atoms with Crippen molar-refractivity contribution in [3.63, 3.8) is 0 Å². The SMILES string of the molecule is Cc1ncnc2c1nc(Sc1cc3c(cc1I)OCO3)n2CCNS(=O)(=O)C1CC1. The Morgan fingerprint density at radius 1 is 1.27 bits per heavy atom. The van der Waals surface area contributed by atoms with E-state index >= 15 is 0 Å². The van der Waals surface area contributed by atoms with Gasteiger partial charge in [0.2, 0.25) is 16.8 Å². The first kappa shape index (κ1) is 20.3. The average molecular weight is 559 g/mol. The summed E-state index contributed by atoms with van der Waals surface area (Å²) in [6, 6.07) is 3.87. The normalized spacial score (nSPS) is 15.8. The number of nitrogens with one attached hydrogen (secondary N) is 1. The van der Waals surface area contributed by atoms with Crippen LogP contribution in [0, 0.1) is 10.5 Å². The molecule has 1 aromatic carbocycles. The van der Waals surface area contributed by atoms with Crippen LogP contribution in [0.5, 0.6) is 11.5 Å². The third-order valence-corrected chi connectivity index (χ3v) is 9.18. The number of rotatable bonds is 7. The summed E-state index contributed by atoms with van der Waals surface area (Å²) in [4.78, 5) is 14.4. The molecule has 0 radical (unpaired) electrons. The van der Waals surface area contributed by atoms with Crippen LogP contribution < -0.4 is 14.2 Å². The van der Waals surface area contributed by atoms with Crippen LogP contribution in [-0.2, 0) is 16.6 Å². The number of nitrogens with zero attached hydrogens (tertiary/aromatic N) is 4. The molecule has 0 spiro atoms. The van der Waals surface area contributed by atoms with E-state index in [1.165, 1.54) is 18.1 Å². The van der Waals surface area contributed by atoms with Gasteiger partial charge in [-0.1, -0.05) is 11.8 Å². The predicted molar refractivity (Wildman–Crippen MR) is 119 cm³/mol. The number of halogens is 1. The number of hydrogen-bond acceptors (Lipinski definition) is 8. The van der Waals surface area contributed by atoms with Gasteiger partial charge in [-0.3, -0.25) is 0 Å². The Balaban J connectivity index is 1.47. The molecule has 1 aliphatic heterocycles. The van der Waals surface area contributed by atoms with Crippen molar-refractivity contribution in [2.75, 3.05) is 13.3 Å². The fraction of sp³-hybridized carbons (Fsp3) is 0.389. The van der Waals surface area contributed by atoms with E-state index < -0.39 is 10.0 Å². The fourth-order valence-corrected chi connectivity index (χ4v) is 6.26. The van der Waals surface area contributed by atoms with Gasteiger partial charge in [-0.05, 0) is 54.5 Å². The van der Waals surface area contributed by atoms with Crippen LogP contribution in [0.3, 0.4) is 0 Å². The number of imidazole rings is 1. The number of fused-ring (bicyclic) bond motifs is 2. The number of ether oxygens (including phenoxy) is 2. The first-order valence-corrected chi connectivity index (χ1v) is 12.8. The van der Waals surface area contributed by atoms with Gasteiger partial charge in [0.1, 0.15) is 11.8 Å². The lowest BCUT2D eigenvalue weighted by Crippen LogP contribution is -2.30. The van der Waals surface area contributed by atoms with Crippen LogP contribution in [0.15, 0.2) is 28.5 Å². The summed E-state index contributed by atoms with van der Waals surface area (Å²) in [6.07, 6.45) is 2.97. The van der Waals surface area contributed by atoms with Gasteiger partial charge in [0.25, 0.3) is 0 Å². The molecule has 1 N–H and O–H groups in total. The third kappa shape index (κ3) is 3.85. The van der Waals surface area contributed by atoms with Crippen molar-refractivity contribution in [1.29, 1.82) is 0 Å². The zero-order valence-electron chi connectivity index (χ0n) is 16.0. The highest BCUT2D eigenvalue weighted by atomic mass is 127. The van der Waals surface area contributed by atoms with E-state index in [4.69, 9.17) is 14.5 Å². The van der Waals surface area contributed by atoms with E-state index in [0.717, 1.165) is 37.9 Å². The van der Waals surface area contributed by atoms with Crippen molar-refractivity contribution >= 4 is 55.5 Å². The van der Waals surface area contributed by atoms with Gasteiger partial charge in [0.15, 0.2) is 22.3 Å². The lowest BCUT2D eigenvalue weighted by molar-refractivity contribution is 0.174. The minimum atomic E-state index is -3.24. The van der Waals surface area contributed by atoms with Crippen molar-refractivity contribution in [3.05, 3.63) is 27.7 Å². The van der Waals surface area contributed by atoms with Gasteiger partial charge in [-0.15, -0.1) is 0 Å². The molecule has 9 nitrogen and oxygen atoms in total. The highest BCUT2D eigenvalue weighted by Gasteiger charge is 2.35. The van der Waals surface area contributed by atoms with E-state index in [1.807, 2.05) is 23.6 Å². The topological polar surface area (TPSA) is 108 Å². The van der Waals surface area contributed by atoms with E-state index in [2.05, 4.69) is 37.3 Å². The second-order valence-electron chi connectivity index (χ2n) is 7.05. The molecule has 3 aromatic rings. The quantitative estimate of drug-likeness (QED) is 0.441. The number of hydrogen-bond donors (Lipinski definition) is 1. The van der Waals surface area contributed by atoms with E-state index in [-0.39, 0.29) is 18.6 Å². The van der Waals surface area contributed by atoms with Crippen molar-refractivity contribution < 1.29 is 17.9 Å². The Morgan fingerprint density at radius 3 is 2.80 bits per heavy atom. The molecule has 0 bridgehead atoms. The Bertz CT molecular complexity index is 1240. The second kappa shape index (κ2) is 7.80. The summed E-state index contributed by atoms with van der Waals surface area (Å²) >= 11 is 3.74. The fourth-order valence-electron chi connectivity index (χ4n) is 3.18.